The molecule has 0 saturated heterocycles. The summed E-state index contributed by atoms with van der Waals surface area (Å²) in [6.45, 7) is 0.426. The maximum absolute atomic E-state index is 12.0. The Labute approximate surface area is 118 Å². The molecule has 5 nitrogen and oxygen atoms in total. The zero-order chi connectivity index (χ0) is 13.2. The average Bonchev–Trinajstić information content (AvgIpc) is 3.17. The lowest BCUT2D eigenvalue weighted by Crippen LogP contribution is -2.23. The van der Waals surface area contributed by atoms with Gasteiger partial charge in [0.25, 0.3) is 5.56 Å². The second-order valence-electron chi connectivity index (χ2n) is 4.67. The molecule has 1 fully saturated rings. The Balaban J connectivity index is 1.79. The Hall–Kier alpha value is -1.69. The van der Waals surface area contributed by atoms with Crippen molar-refractivity contribution in [2.45, 2.75) is 25.4 Å². The Kier molecular flexibility index (Phi) is 3.33. The average molecular weight is 321 g/mol. The molecule has 2 aromatic rings. The number of pyridine rings is 1. The highest BCUT2D eigenvalue weighted by Crippen LogP contribution is 2.23. The minimum absolute atomic E-state index is 0.106. The summed E-state index contributed by atoms with van der Waals surface area (Å²) in [5.74, 6) is 0. The molecule has 0 aliphatic heterocycles. The summed E-state index contributed by atoms with van der Waals surface area (Å²) >= 11 is 3.36. The molecule has 19 heavy (non-hydrogen) atoms. The van der Waals surface area contributed by atoms with Crippen LogP contribution in [0.3, 0.4) is 0 Å². The maximum atomic E-state index is 12.0. The van der Waals surface area contributed by atoms with Gasteiger partial charge in [-0.1, -0.05) is 0 Å². The molecule has 0 spiro atoms. The van der Waals surface area contributed by atoms with Crippen LogP contribution in [0.25, 0.3) is 0 Å². The van der Waals surface area contributed by atoms with E-state index in [1.807, 2.05) is 6.07 Å². The normalized spacial score (nSPS) is 14.4. The van der Waals surface area contributed by atoms with Crippen molar-refractivity contribution in [3.8, 4) is 0 Å². The molecule has 0 radical (unpaired) electrons. The van der Waals surface area contributed by atoms with Crippen molar-refractivity contribution in [1.29, 1.82) is 0 Å². The SMILES string of the molecule is O=c1cc(NC2CC2)cnn1Cc1cncc(Br)c1. The summed E-state index contributed by atoms with van der Waals surface area (Å²) in [6.07, 6.45) is 7.49. The fourth-order valence-corrected chi connectivity index (χ4v) is 2.22. The number of nitrogens with zero attached hydrogens (tertiary/aromatic N) is 3. The maximum Gasteiger partial charge on any atom is 0.269 e. The van der Waals surface area contributed by atoms with Crippen LogP contribution in [0.15, 0.2) is 40.0 Å². The van der Waals surface area contributed by atoms with E-state index in [0.717, 1.165) is 15.7 Å². The van der Waals surface area contributed by atoms with E-state index in [0.29, 0.717) is 12.6 Å². The minimum Gasteiger partial charge on any atom is -0.381 e. The molecule has 2 aromatic heterocycles. The van der Waals surface area contributed by atoms with Gasteiger partial charge < -0.3 is 5.32 Å². The van der Waals surface area contributed by atoms with Gasteiger partial charge in [-0.2, -0.15) is 5.10 Å². The molecule has 0 amide bonds. The van der Waals surface area contributed by atoms with Gasteiger partial charge in [0, 0.05) is 29.0 Å². The molecular formula is C13H13BrN4O. The van der Waals surface area contributed by atoms with E-state index < -0.39 is 0 Å². The topological polar surface area (TPSA) is 59.8 Å². The Bertz CT molecular complexity index is 651. The van der Waals surface area contributed by atoms with Crippen molar-refractivity contribution in [1.82, 2.24) is 14.8 Å². The predicted molar refractivity (Wildman–Crippen MR) is 76.2 cm³/mol. The third-order valence-corrected chi connectivity index (χ3v) is 3.35. The van der Waals surface area contributed by atoms with Crippen LogP contribution in [-0.2, 0) is 6.54 Å². The lowest BCUT2D eigenvalue weighted by molar-refractivity contribution is 0.637. The van der Waals surface area contributed by atoms with E-state index >= 15 is 0 Å². The third kappa shape index (κ3) is 3.20. The van der Waals surface area contributed by atoms with E-state index in [4.69, 9.17) is 0 Å². The molecular weight excluding hydrogens is 308 g/mol. The number of nitrogens with one attached hydrogen (secondary N) is 1. The molecule has 6 heteroatoms. The molecule has 1 aliphatic rings. The summed E-state index contributed by atoms with van der Waals surface area (Å²) in [6, 6.07) is 4.04. The van der Waals surface area contributed by atoms with Crippen LogP contribution in [0.1, 0.15) is 18.4 Å². The number of halogens is 1. The van der Waals surface area contributed by atoms with Crippen molar-refractivity contribution in [2.24, 2.45) is 0 Å². The first kappa shape index (κ1) is 12.3. The van der Waals surface area contributed by atoms with Gasteiger partial charge >= 0.3 is 0 Å². The van der Waals surface area contributed by atoms with Gasteiger partial charge in [0.1, 0.15) is 0 Å². The Morgan fingerprint density at radius 2 is 2.16 bits per heavy atom. The second kappa shape index (κ2) is 5.13. The highest BCUT2D eigenvalue weighted by atomic mass is 79.9. The first-order chi connectivity index (χ1) is 9.20. The monoisotopic (exact) mass is 320 g/mol. The highest BCUT2D eigenvalue weighted by molar-refractivity contribution is 9.10. The van der Waals surface area contributed by atoms with Gasteiger partial charge in [-0.15, -0.1) is 0 Å². The van der Waals surface area contributed by atoms with Gasteiger partial charge in [-0.3, -0.25) is 9.78 Å². The zero-order valence-electron chi connectivity index (χ0n) is 10.2. The van der Waals surface area contributed by atoms with Crippen LogP contribution in [0.2, 0.25) is 0 Å². The predicted octanol–water partition coefficient (Wildman–Crippen LogP) is 2.02. The summed E-state index contributed by atoms with van der Waals surface area (Å²) < 4.78 is 2.33. The lowest BCUT2D eigenvalue weighted by Gasteiger charge is -2.07. The first-order valence-corrected chi connectivity index (χ1v) is 6.93. The van der Waals surface area contributed by atoms with Crippen LogP contribution < -0.4 is 10.9 Å². The molecule has 2 heterocycles. The van der Waals surface area contributed by atoms with Crippen LogP contribution in [0.4, 0.5) is 5.69 Å². The minimum atomic E-state index is -0.106. The van der Waals surface area contributed by atoms with Crippen molar-refractivity contribution in [3.05, 3.63) is 51.1 Å². The van der Waals surface area contributed by atoms with Crippen molar-refractivity contribution in [2.75, 3.05) is 5.32 Å². The number of aromatic nitrogens is 3. The van der Waals surface area contributed by atoms with Gasteiger partial charge in [0.05, 0.1) is 18.4 Å². The molecule has 1 N–H and O–H groups in total. The molecule has 1 saturated carbocycles. The zero-order valence-corrected chi connectivity index (χ0v) is 11.8. The second-order valence-corrected chi connectivity index (χ2v) is 5.59. The number of rotatable bonds is 4. The molecule has 0 aromatic carbocycles. The smallest absolute Gasteiger partial charge is 0.269 e. The van der Waals surface area contributed by atoms with Crippen molar-refractivity contribution >= 4 is 21.6 Å². The fraction of sp³-hybridized carbons (Fsp3) is 0.308. The summed E-state index contributed by atoms with van der Waals surface area (Å²) in [4.78, 5) is 16.0. The highest BCUT2D eigenvalue weighted by Gasteiger charge is 2.21. The van der Waals surface area contributed by atoms with Crippen LogP contribution >= 0.6 is 15.9 Å². The van der Waals surface area contributed by atoms with E-state index in [2.05, 4.69) is 31.3 Å². The lowest BCUT2D eigenvalue weighted by atomic mass is 10.3. The molecule has 3 rings (SSSR count). The molecule has 0 bridgehead atoms. The van der Waals surface area contributed by atoms with Gasteiger partial charge in [-0.05, 0) is 40.4 Å². The molecule has 0 unspecified atom stereocenters. The Morgan fingerprint density at radius 3 is 2.84 bits per heavy atom. The number of hydrogen-bond donors (Lipinski definition) is 1. The van der Waals surface area contributed by atoms with E-state index in [-0.39, 0.29) is 5.56 Å². The largest absolute Gasteiger partial charge is 0.381 e. The van der Waals surface area contributed by atoms with Gasteiger partial charge in [0.2, 0.25) is 0 Å². The number of anilines is 1. The number of hydrogen-bond acceptors (Lipinski definition) is 4. The van der Waals surface area contributed by atoms with Crippen LogP contribution in [-0.4, -0.2) is 20.8 Å². The van der Waals surface area contributed by atoms with Crippen molar-refractivity contribution < 1.29 is 0 Å². The quantitative estimate of drug-likeness (QED) is 0.936. The molecule has 1 aliphatic carbocycles. The summed E-state index contributed by atoms with van der Waals surface area (Å²) in [5.41, 5.74) is 1.63. The van der Waals surface area contributed by atoms with E-state index in [9.17, 15) is 4.79 Å². The van der Waals surface area contributed by atoms with Crippen LogP contribution in [0.5, 0.6) is 0 Å². The Morgan fingerprint density at radius 1 is 1.32 bits per heavy atom. The van der Waals surface area contributed by atoms with Gasteiger partial charge in [0.15, 0.2) is 0 Å². The third-order valence-electron chi connectivity index (χ3n) is 2.91. The summed E-state index contributed by atoms with van der Waals surface area (Å²) in [7, 11) is 0. The molecule has 0 atom stereocenters. The van der Waals surface area contributed by atoms with Crippen LogP contribution in [0, 0.1) is 0 Å². The van der Waals surface area contributed by atoms with Gasteiger partial charge in [-0.25, -0.2) is 4.68 Å². The van der Waals surface area contributed by atoms with Crippen molar-refractivity contribution in [3.63, 3.8) is 0 Å². The van der Waals surface area contributed by atoms with E-state index in [1.165, 1.54) is 17.5 Å². The first-order valence-electron chi connectivity index (χ1n) is 6.14. The molecule has 98 valence electrons. The van der Waals surface area contributed by atoms with E-state index in [1.54, 1.807) is 24.7 Å². The summed E-state index contributed by atoms with van der Waals surface area (Å²) in [5, 5.41) is 7.44. The standard InChI is InChI=1S/C13H13BrN4O/c14-10-3-9(5-15-6-10)8-18-13(19)4-12(7-16-18)17-11-1-2-11/h3-7,11,17H,1-2,8H2. The fourth-order valence-electron chi connectivity index (χ4n) is 1.81.